The predicted octanol–water partition coefficient (Wildman–Crippen LogP) is 3.33. The molecule has 2 aliphatic rings. The number of anilines is 2. The minimum Gasteiger partial charge on any atom is -0.336 e. The summed E-state index contributed by atoms with van der Waals surface area (Å²) in [6, 6.07) is 7.93. The molecule has 3 N–H and O–H groups in total. The first-order valence-corrected chi connectivity index (χ1v) is 9.09. The van der Waals surface area contributed by atoms with Gasteiger partial charge in [0.05, 0.1) is 16.3 Å². The van der Waals surface area contributed by atoms with Gasteiger partial charge in [-0.3, -0.25) is 9.69 Å². The molecule has 6 nitrogen and oxygen atoms in total. The second-order valence-electron chi connectivity index (χ2n) is 6.49. The van der Waals surface area contributed by atoms with Gasteiger partial charge in [-0.1, -0.05) is 17.7 Å². The lowest BCUT2D eigenvalue weighted by atomic mass is 9.99. The molecule has 2 aliphatic heterocycles. The Labute approximate surface area is 172 Å². The highest BCUT2D eigenvalue weighted by Crippen LogP contribution is 2.28. The summed E-state index contributed by atoms with van der Waals surface area (Å²) in [5, 5.41) is 8.74. The first-order valence-electron chi connectivity index (χ1n) is 8.72. The van der Waals surface area contributed by atoms with E-state index in [1.807, 2.05) is 6.07 Å². The number of benzene rings is 2. The van der Waals surface area contributed by atoms with Gasteiger partial charge < -0.3 is 16.0 Å². The fourth-order valence-corrected chi connectivity index (χ4v) is 3.60. The zero-order valence-electron chi connectivity index (χ0n) is 14.9. The molecule has 148 valence electrons. The van der Waals surface area contributed by atoms with Crippen molar-refractivity contribution in [2.75, 3.05) is 29.9 Å². The number of nitrogens with one attached hydrogen (secondary N) is 3. The summed E-state index contributed by atoms with van der Waals surface area (Å²) in [5.74, 6) is -0.928. The maximum Gasteiger partial charge on any atom is 0.321 e. The fourth-order valence-electron chi connectivity index (χ4n) is 3.39. The first-order chi connectivity index (χ1) is 13.0. The van der Waals surface area contributed by atoms with Crippen molar-refractivity contribution in [2.24, 2.45) is 0 Å². The predicted molar refractivity (Wildman–Crippen MR) is 109 cm³/mol. The lowest BCUT2D eigenvalue weighted by Crippen LogP contribution is -2.28. The van der Waals surface area contributed by atoms with Crippen LogP contribution in [0.5, 0.6) is 0 Å². The summed E-state index contributed by atoms with van der Waals surface area (Å²) < 4.78 is 14.8. The standard InChI is InChI=1S/C19H18ClFN4O2.ClH/c20-15-3-2-12(25-8-7-23-19(25)27)9-14(15)18(26)24-16-4-1-11-10-22-6-5-13(11)17(16)21;/h1-4,9,22H,5-8,10H2,(H,23,27)(H,24,26);1H. The van der Waals surface area contributed by atoms with E-state index >= 15 is 0 Å². The SMILES string of the molecule is Cl.O=C(Nc1ccc2c(c1F)CCNC2)c1cc(N2CCNC2=O)ccc1Cl. The van der Waals surface area contributed by atoms with Crippen molar-refractivity contribution in [3.8, 4) is 0 Å². The van der Waals surface area contributed by atoms with Crippen LogP contribution in [0.15, 0.2) is 30.3 Å². The van der Waals surface area contributed by atoms with Gasteiger partial charge in [-0.2, -0.15) is 0 Å². The van der Waals surface area contributed by atoms with E-state index < -0.39 is 11.7 Å². The van der Waals surface area contributed by atoms with Crippen molar-refractivity contribution in [3.63, 3.8) is 0 Å². The van der Waals surface area contributed by atoms with Crippen molar-refractivity contribution in [2.45, 2.75) is 13.0 Å². The van der Waals surface area contributed by atoms with Gasteiger partial charge in [-0.15, -0.1) is 12.4 Å². The number of hydrogen-bond donors (Lipinski definition) is 3. The Morgan fingerprint density at radius 2 is 2.04 bits per heavy atom. The quantitative estimate of drug-likeness (QED) is 0.707. The van der Waals surface area contributed by atoms with Crippen LogP contribution in [0.2, 0.25) is 5.02 Å². The Bertz CT molecular complexity index is 938. The van der Waals surface area contributed by atoms with E-state index in [0.717, 1.165) is 5.56 Å². The van der Waals surface area contributed by atoms with Crippen LogP contribution < -0.4 is 20.9 Å². The average molecular weight is 425 g/mol. The second kappa shape index (κ2) is 8.34. The maximum absolute atomic E-state index is 14.8. The Morgan fingerprint density at radius 1 is 1.21 bits per heavy atom. The molecule has 0 atom stereocenters. The summed E-state index contributed by atoms with van der Waals surface area (Å²) in [7, 11) is 0. The number of carbonyl (C=O) groups excluding carboxylic acids is 2. The lowest BCUT2D eigenvalue weighted by Gasteiger charge is -2.20. The average Bonchev–Trinajstić information content (AvgIpc) is 3.10. The van der Waals surface area contributed by atoms with Crippen LogP contribution in [0.25, 0.3) is 0 Å². The van der Waals surface area contributed by atoms with E-state index in [9.17, 15) is 14.0 Å². The van der Waals surface area contributed by atoms with Crippen molar-refractivity contribution in [3.05, 3.63) is 57.9 Å². The summed E-state index contributed by atoms with van der Waals surface area (Å²) in [4.78, 5) is 26.1. The Balaban J connectivity index is 0.00000225. The minimum absolute atomic E-state index is 0. The van der Waals surface area contributed by atoms with E-state index in [1.165, 1.54) is 4.90 Å². The third-order valence-electron chi connectivity index (χ3n) is 4.82. The van der Waals surface area contributed by atoms with Crippen molar-refractivity contribution in [1.29, 1.82) is 0 Å². The number of carbonyl (C=O) groups is 2. The molecule has 0 unspecified atom stereocenters. The number of urea groups is 1. The summed E-state index contributed by atoms with van der Waals surface area (Å²) in [5.41, 5.74) is 2.40. The molecule has 2 aromatic carbocycles. The summed E-state index contributed by atoms with van der Waals surface area (Å²) >= 11 is 6.17. The molecule has 2 heterocycles. The molecule has 0 radical (unpaired) electrons. The maximum atomic E-state index is 14.8. The molecule has 28 heavy (non-hydrogen) atoms. The molecule has 4 rings (SSSR count). The molecule has 0 aromatic heterocycles. The van der Waals surface area contributed by atoms with Gasteiger partial charge in [0.1, 0.15) is 5.82 Å². The van der Waals surface area contributed by atoms with Crippen LogP contribution in [0.3, 0.4) is 0 Å². The van der Waals surface area contributed by atoms with Crippen LogP contribution in [0, 0.1) is 5.82 Å². The van der Waals surface area contributed by atoms with Gasteiger partial charge in [0.2, 0.25) is 0 Å². The highest BCUT2D eigenvalue weighted by Gasteiger charge is 2.24. The molecule has 1 saturated heterocycles. The normalized spacial score (nSPS) is 15.5. The fraction of sp³-hybridized carbons (Fsp3) is 0.263. The molecule has 0 bridgehead atoms. The Morgan fingerprint density at radius 3 is 2.79 bits per heavy atom. The van der Waals surface area contributed by atoms with Gasteiger partial charge in [-0.25, -0.2) is 9.18 Å². The third kappa shape index (κ3) is 3.78. The van der Waals surface area contributed by atoms with Crippen molar-refractivity contribution < 1.29 is 14.0 Å². The Hall–Kier alpha value is -2.35. The number of rotatable bonds is 3. The Kier molecular flexibility index (Phi) is 6.07. The number of fused-ring (bicyclic) bond motifs is 1. The zero-order valence-corrected chi connectivity index (χ0v) is 16.4. The van der Waals surface area contributed by atoms with E-state index in [-0.39, 0.29) is 34.7 Å². The molecule has 2 aromatic rings. The van der Waals surface area contributed by atoms with Crippen LogP contribution >= 0.6 is 24.0 Å². The van der Waals surface area contributed by atoms with Gasteiger partial charge in [-0.05, 0) is 48.4 Å². The molecular weight excluding hydrogens is 406 g/mol. The number of amides is 3. The largest absolute Gasteiger partial charge is 0.336 e. The van der Waals surface area contributed by atoms with E-state index in [0.29, 0.717) is 43.9 Å². The van der Waals surface area contributed by atoms with E-state index in [4.69, 9.17) is 11.6 Å². The molecule has 9 heteroatoms. The molecule has 0 aliphatic carbocycles. The number of halogens is 3. The topological polar surface area (TPSA) is 73.5 Å². The first kappa shape index (κ1) is 20.4. The zero-order chi connectivity index (χ0) is 19.0. The van der Waals surface area contributed by atoms with Crippen molar-refractivity contribution >= 4 is 47.3 Å². The van der Waals surface area contributed by atoms with E-state index in [2.05, 4.69) is 16.0 Å². The van der Waals surface area contributed by atoms with Crippen molar-refractivity contribution in [1.82, 2.24) is 10.6 Å². The minimum atomic E-state index is -0.519. The molecule has 1 fully saturated rings. The molecule has 0 saturated carbocycles. The number of hydrogen-bond acceptors (Lipinski definition) is 3. The van der Waals surface area contributed by atoms with Gasteiger partial charge in [0.25, 0.3) is 5.91 Å². The summed E-state index contributed by atoms with van der Waals surface area (Å²) in [6.45, 7) is 2.37. The number of nitrogens with zero attached hydrogens (tertiary/aromatic N) is 1. The summed E-state index contributed by atoms with van der Waals surface area (Å²) in [6.07, 6.45) is 0.575. The second-order valence-corrected chi connectivity index (χ2v) is 6.90. The molecule has 3 amide bonds. The van der Waals surface area contributed by atoms with Gasteiger partial charge >= 0.3 is 6.03 Å². The van der Waals surface area contributed by atoms with Crippen LogP contribution in [0.1, 0.15) is 21.5 Å². The highest BCUT2D eigenvalue weighted by molar-refractivity contribution is 6.34. The monoisotopic (exact) mass is 424 g/mol. The van der Waals surface area contributed by atoms with Crippen LogP contribution in [-0.2, 0) is 13.0 Å². The third-order valence-corrected chi connectivity index (χ3v) is 5.15. The van der Waals surface area contributed by atoms with Gasteiger partial charge in [0, 0.05) is 25.3 Å². The molecular formula is C19H19Cl2FN4O2. The van der Waals surface area contributed by atoms with E-state index in [1.54, 1.807) is 24.3 Å². The smallest absolute Gasteiger partial charge is 0.321 e. The molecule has 0 spiro atoms. The van der Waals surface area contributed by atoms with Crippen LogP contribution in [0.4, 0.5) is 20.6 Å². The van der Waals surface area contributed by atoms with Gasteiger partial charge in [0.15, 0.2) is 0 Å². The van der Waals surface area contributed by atoms with Crippen LogP contribution in [-0.4, -0.2) is 31.6 Å². The highest BCUT2D eigenvalue weighted by atomic mass is 35.5. The lowest BCUT2D eigenvalue weighted by molar-refractivity contribution is 0.102.